The summed E-state index contributed by atoms with van der Waals surface area (Å²) in [6.45, 7) is 2.57. The third-order valence-corrected chi connectivity index (χ3v) is 4.49. The lowest BCUT2D eigenvalue weighted by molar-refractivity contribution is 0.0380. The second-order valence-electron chi connectivity index (χ2n) is 5.26. The van der Waals surface area contributed by atoms with Crippen LogP contribution in [0.3, 0.4) is 0 Å². The molecule has 0 radical (unpaired) electrons. The van der Waals surface area contributed by atoms with Crippen LogP contribution in [0.15, 0.2) is 16.6 Å². The van der Waals surface area contributed by atoms with Crippen LogP contribution in [-0.2, 0) is 0 Å². The second kappa shape index (κ2) is 6.02. The lowest BCUT2D eigenvalue weighted by Crippen LogP contribution is -2.36. The van der Waals surface area contributed by atoms with E-state index in [9.17, 15) is 5.11 Å². The van der Waals surface area contributed by atoms with Crippen LogP contribution in [0.1, 0.15) is 44.2 Å². The number of nitrogens with zero attached hydrogens (tertiary/aromatic N) is 1. The highest BCUT2D eigenvalue weighted by molar-refractivity contribution is 9.10. The van der Waals surface area contributed by atoms with Crippen molar-refractivity contribution >= 4 is 21.7 Å². The van der Waals surface area contributed by atoms with E-state index < -0.39 is 5.60 Å². The maximum Gasteiger partial charge on any atom is 0.126 e. The molecule has 1 aromatic rings. The Hall–Kier alpha value is -0.610. The zero-order chi connectivity index (χ0) is 13.0. The number of anilines is 1. The number of halogens is 1. The average molecular weight is 313 g/mol. The second-order valence-corrected chi connectivity index (χ2v) is 6.11. The molecule has 3 nitrogen and oxygen atoms in total. The van der Waals surface area contributed by atoms with Gasteiger partial charge in [0.25, 0.3) is 0 Å². The highest BCUT2D eigenvalue weighted by Gasteiger charge is 2.27. The summed E-state index contributed by atoms with van der Waals surface area (Å²) in [6, 6.07) is 3.93. The Morgan fingerprint density at radius 1 is 1.28 bits per heavy atom. The summed E-state index contributed by atoms with van der Waals surface area (Å²) in [5, 5.41) is 13.8. The molecule has 0 spiro atoms. The van der Waals surface area contributed by atoms with E-state index in [1.165, 1.54) is 12.8 Å². The summed E-state index contributed by atoms with van der Waals surface area (Å²) in [6.07, 6.45) is 6.55. The molecule has 1 fully saturated rings. The van der Waals surface area contributed by atoms with E-state index in [2.05, 4.69) is 26.2 Å². The normalized spacial score (nSPS) is 19.3. The summed E-state index contributed by atoms with van der Waals surface area (Å²) in [5.41, 5.74) is 0.409. The van der Waals surface area contributed by atoms with Gasteiger partial charge in [0.05, 0.1) is 11.3 Å². The maximum absolute atomic E-state index is 10.5. The predicted molar refractivity (Wildman–Crippen MR) is 77.8 cm³/mol. The average Bonchev–Trinajstić information content (AvgIpc) is 2.56. The van der Waals surface area contributed by atoms with Gasteiger partial charge < -0.3 is 10.4 Å². The number of hydrogen-bond acceptors (Lipinski definition) is 3. The molecule has 0 amide bonds. The fourth-order valence-corrected chi connectivity index (χ4v) is 2.68. The molecule has 0 bridgehead atoms. The minimum atomic E-state index is -0.556. The summed E-state index contributed by atoms with van der Waals surface area (Å²) >= 11 is 3.44. The van der Waals surface area contributed by atoms with Gasteiger partial charge in [0.1, 0.15) is 5.82 Å². The highest BCUT2D eigenvalue weighted by atomic mass is 79.9. The van der Waals surface area contributed by atoms with Crippen molar-refractivity contribution in [2.75, 3.05) is 11.9 Å². The number of aliphatic hydroxyl groups is 1. The molecular formula is C14H21BrN2O. The predicted octanol–water partition coefficient (Wildman–Crippen LogP) is 3.65. The Bertz CT molecular complexity index is 401. The van der Waals surface area contributed by atoms with E-state index in [-0.39, 0.29) is 0 Å². The molecule has 18 heavy (non-hydrogen) atoms. The van der Waals surface area contributed by atoms with Crippen LogP contribution in [0.25, 0.3) is 0 Å². The van der Waals surface area contributed by atoms with Crippen LogP contribution in [-0.4, -0.2) is 22.2 Å². The van der Waals surface area contributed by atoms with Gasteiger partial charge in [0, 0.05) is 11.0 Å². The van der Waals surface area contributed by atoms with Gasteiger partial charge in [-0.15, -0.1) is 0 Å². The lowest BCUT2D eigenvalue weighted by Gasteiger charge is -2.27. The van der Waals surface area contributed by atoms with Gasteiger partial charge in [-0.25, -0.2) is 4.98 Å². The molecular weight excluding hydrogens is 292 g/mol. The van der Waals surface area contributed by atoms with Crippen molar-refractivity contribution in [1.29, 1.82) is 0 Å². The number of rotatable bonds is 3. The first-order chi connectivity index (χ1) is 8.59. The minimum absolute atomic E-state index is 0.556. The largest absolute Gasteiger partial charge is 0.388 e. The van der Waals surface area contributed by atoms with E-state index in [4.69, 9.17) is 0 Å². The van der Waals surface area contributed by atoms with Gasteiger partial charge in [0.2, 0.25) is 0 Å². The van der Waals surface area contributed by atoms with Crippen molar-refractivity contribution in [3.8, 4) is 0 Å². The first kappa shape index (κ1) is 13.8. The van der Waals surface area contributed by atoms with Gasteiger partial charge in [-0.05, 0) is 47.8 Å². The number of hydrogen-bond donors (Lipinski definition) is 2. The van der Waals surface area contributed by atoms with Crippen LogP contribution in [0.2, 0.25) is 0 Å². The number of aryl methyl sites for hydroxylation is 1. The fraction of sp³-hybridized carbons (Fsp3) is 0.643. The van der Waals surface area contributed by atoms with Crippen LogP contribution in [0.4, 0.5) is 5.82 Å². The molecule has 1 heterocycles. The van der Waals surface area contributed by atoms with E-state index in [0.717, 1.165) is 41.7 Å². The molecule has 0 aliphatic heterocycles. The first-order valence-electron chi connectivity index (χ1n) is 6.68. The van der Waals surface area contributed by atoms with Crippen LogP contribution < -0.4 is 5.32 Å². The van der Waals surface area contributed by atoms with Crippen molar-refractivity contribution < 1.29 is 5.11 Å². The van der Waals surface area contributed by atoms with E-state index >= 15 is 0 Å². The molecule has 4 heteroatoms. The topological polar surface area (TPSA) is 45.2 Å². The Morgan fingerprint density at radius 2 is 1.94 bits per heavy atom. The summed E-state index contributed by atoms with van der Waals surface area (Å²) in [4.78, 5) is 4.44. The molecule has 1 aromatic heterocycles. The Kier molecular flexibility index (Phi) is 4.62. The molecule has 1 aliphatic rings. The standard InChI is InChI=1S/C14H21BrN2O/c1-11-12(15)6-7-13(17-11)16-10-14(18)8-4-2-3-5-9-14/h6-7,18H,2-5,8-10H2,1H3,(H,16,17). The Morgan fingerprint density at radius 3 is 2.56 bits per heavy atom. The quantitative estimate of drug-likeness (QED) is 0.837. The third-order valence-electron chi connectivity index (χ3n) is 3.65. The number of aromatic nitrogens is 1. The smallest absolute Gasteiger partial charge is 0.126 e. The van der Waals surface area contributed by atoms with Crippen molar-refractivity contribution in [2.24, 2.45) is 0 Å². The molecule has 0 atom stereocenters. The zero-order valence-corrected chi connectivity index (χ0v) is 12.5. The van der Waals surface area contributed by atoms with Gasteiger partial charge in [-0.2, -0.15) is 0 Å². The van der Waals surface area contributed by atoms with Crippen molar-refractivity contribution in [1.82, 2.24) is 4.98 Å². The molecule has 0 saturated heterocycles. The summed E-state index contributed by atoms with van der Waals surface area (Å²) < 4.78 is 1.02. The van der Waals surface area contributed by atoms with Gasteiger partial charge in [-0.1, -0.05) is 25.7 Å². The fourth-order valence-electron chi connectivity index (χ4n) is 2.46. The van der Waals surface area contributed by atoms with Crippen molar-refractivity contribution in [3.63, 3.8) is 0 Å². The number of nitrogens with one attached hydrogen (secondary N) is 1. The number of pyridine rings is 1. The van der Waals surface area contributed by atoms with Crippen LogP contribution in [0.5, 0.6) is 0 Å². The minimum Gasteiger partial charge on any atom is -0.388 e. The van der Waals surface area contributed by atoms with Gasteiger partial charge in [-0.3, -0.25) is 0 Å². The highest BCUT2D eigenvalue weighted by Crippen LogP contribution is 2.27. The lowest BCUT2D eigenvalue weighted by atomic mass is 9.94. The molecule has 0 aromatic carbocycles. The van der Waals surface area contributed by atoms with Gasteiger partial charge >= 0.3 is 0 Å². The van der Waals surface area contributed by atoms with Crippen molar-refractivity contribution in [3.05, 3.63) is 22.3 Å². The van der Waals surface area contributed by atoms with E-state index in [1.807, 2.05) is 19.1 Å². The SMILES string of the molecule is Cc1nc(NCC2(O)CCCCCC2)ccc1Br. The van der Waals surface area contributed by atoms with Crippen LogP contribution >= 0.6 is 15.9 Å². The summed E-state index contributed by atoms with van der Waals surface area (Å²) in [7, 11) is 0. The molecule has 1 saturated carbocycles. The van der Waals surface area contributed by atoms with E-state index in [1.54, 1.807) is 0 Å². The van der Waals surface area contributed by atoms with Crippen molar-refractivity contribution in [2.45, 2.75) is 51.0 Å². The van der Waals surface area contributed by atoms with E-state index in [0.29, 0.717) is 6.54 Å². The third kappa shape index (κ3) is 3.69. The monoisotopic (exact) mass is 312 g/mol. The Balaban J connectivity index is 1.95. The zero-order valence-electron chi connectivity index (χ0n) is 10.9. The molecule has 0 unspecified atom stereocenters. The molecule has 2 rings (SSSR count). The summed E-state index contributed by atoms with van der Waals surface area (Å²) in [5.74, 6) is 0.841. The maximum atomic E-state index is 10.5. The Labute approximate surface area is 117 Å². The molecule has 2 N–H and O–H groups in total. The van der Waals surface area contributed by atoms with Crippen LogP contribution in [0, 0.1) is 6.92 Å². The molecule has 100 valence electrons. The first-order valence-corrected chi connectivity index (χ1v) is 7.48. The molecule has 1 aliphatic carbocycles. The van der Waals surface area contributed by atoms with Gasteiger partial charge in [0.15, 0.2) is 0 Å².